The van der Waals surface area contributed by atoms with Gasteiger partial charge in [0.1, 0.15) is 11.0 Å². The lowest BCUT2D eigenvalue weighted by Gasteiger charge is -2.18. The van der Waals surface area contributed by atoms with Crippen LogP contribution in [-0.4, -0.2) is 9.97 Å². The molecule has 6 rings (SSSR count). The monoisotopic (exact) mass is 470 g/mol. The van der Waals surface area contributed by atoms with E-state index < -0.39 is 0 Å². The molecule has 0 aliphatic heterocycles. The lowest BCUT2D eigenvalue weighted by molar-refractivity contribution is 0.590. The van der Waals surface area contributed by atoms with Gasteiger partial charge in [-0.1, -0.05) is 75.4 Å². The second-order valence-electron chi connectivity index (χ2n) is 10.0. The van der Waals surface area contributed by atoms with Crippen molar-refractivity contribution in [1.82, 2.24) is 9.97 Å². The van der Waals surface area contributed by atoms with Gasteiger partial charge < -0.3 is 8.83 Å². The molecule has 0 unspecified atom stereocenters. The van der Waals surface area contributed by atoms with Gasteiger partial charge in [0.2, 0.25) is 11.8 Å². The zero-order valence-corrected chi connectivity index (χ0v) is 20.5. The first-order chi connectivity index (χ1) is 17.4. The lowest BCUT2D eigenvalue weighted by atomic mass is 9.87. The zero-order valence-electron chi connectivity index (χ0n) is 20.5. The topological polar surface area (TPSA) is 52.1 Å². The molecule has 0 bridgehead atoms. The number of benzene rings is 4. The number of hydrogen-bond donors (Lipinski definition) is 0. The first-order valence-electron chi connectivity index (χ1n) is 12.1. The number of oxazole rings is 2. The molecule has 2 aromatic heterocycles. The van der Waals surface area contributed by atoms with Crippen LogP contribution in [0.5, 0.6) is 0 Å². The Morgan fingerprint density at radius 2 is 1.11 bits per heavy atom. The van der Waals surface area contributed by atoms with E-state index in [1.54, 1.807) is 0 Å². The molecule has 36 heavy (non-hydrogen) atoms. The van der Waals surface area contributed by atoms with Gasteiger partial charge in [0.15, 0.2) is 11.2 Å². The van der Waals surface area contributed by atoms with Crippen LogP contribution in [0.25, 0.3) is 57.3 Å². The Bertz CT molecular complexity index is 1660. The quantitative estimate of drug-likeness (QED) is 0.242. The number of para-hydroxylation sites is 2. The Balaban J connectivity index is 1.18. The molecule has 4 nitrogen and oxygen atoms in total. The highest BCUT2D eigenvalue weighted by molar-refractivity contribution is 5.79. The predicted molar refractivity (Wildman–Crippen MR) is 147 cm³/mol. The fourth-order valence-corrected chi connectivity index (χ4v) is 4.18. The summed E-state index contributed by atoms with van der Waals surface area (Å²) in [5.74, 6) is 1.28. The van der Waals surface area contributed by atoms with Crippen molar-refractivity contribution in [3.05, 3.63) is 108 Å². The predicted octanol–water partition coefficient (Wildman–Crippen LogP) is 8.77. The summed E-state index contributed by atoms with van der Waals surface area (Å²) in [7, 11) is 0. The molecule has 0 aliphatic carbocycles. The highest BCUT2D eigenvalue weighted by Gasteiger charge is 2.16. The summed E-state index contributed by atoms with van der Waals surface area (Å²) in [5.41, 5.74) is 8.82. The van der Waals surface area contributed by atoms with Gasteiger partial charge in [-0.2, -0.15) is 0 Å². The van der Waals surface area contributed by atoms with Gasteiger partial charge in [-0.25, -0.2) is 9.97 Å². The van der Waals surface area contributed by atoms with Crippen LogP contribution in [0.15, 0.2) is 99.8 Å². The van der Waals surface area contributed by atoms with Gasteiger partial charge in [0.25, 0.3) is 0 Å². The van der Waals surface area contributed by atoms with Crippen molar-refractivity contribution in [2.24, 2.45) is 0 Å². The van der Waals surface area contributed by atoms with Crippen LogP contribution in [0.4, 0.5) is 0 Å². The van der Waals surface area contributed by atoms with Crippen LogP contribution in [0.2, 0.25) is 0 Å². The maximum atomic E-state index is 6.02. The molecule has 0 aliphatic rings. The van der Waals surface area contributed by atoms with Gasteiger partial charge in [-0.05, 0) is 70.6 Å². The van der Waals surface area contributed by atoms with Crippen molar-refractivity contribution in [1.29, 1.82) is 0 Å². The van der Waals surface area contributed by atoms with Crippen LogP contribution in [0, 0.1) is 0 Å². The molecule has 4 aromatic carbocycles. The Labute approximate surface area is 209 Å². The molecule has 2 heterocycles. The second-order valence-corrected chi connectivity index (χ2v) is 10.0. The average Bonchev–Trinajstić information content (AvgIpc) is 3.51. The largest absolute Gasteiger partial charge is 0.436 e. The molecule has 6 aromatic rings. The second kappa shape index (κ2) is 8.65. The number of hydrogen-bond acceptors (Lipinski definition) is 4. The average molecular weight is 471 g/mol. The molecular weight excluding hydrogens is 444 g/mol. The fourth-order valence-electron chi connectivity index (χ4n) is 4.18. The van der Waals surface area contributed by atoms with E-state index in [0.29, 0.717) is 11.8 Å². The lowest BCUT2D eigenvalue weighted by Crippen LogP contribution is -2.10. The van der Waals surface area contributed by atoms with Crippen molar-refractivity contribution in [2.75, 3.05) is 0 Å². The van der Waals surface area contributed by atoms with Crippen LogP contribution < -0.4 is 0 Å². The third kappa shape index (κ3) is 4.34. The van der Waals surface area contributed by atoms with Crippen molar-refractivity contribution in [3.8, 4) is 22.9 Å². The molecule has 0 spiro atoms. The standard InChI is InChI=1S/C32H26N2O2/c1-32(2,3)25-18-19-29-27(20-25)34-31(36-29)24-16-12-22(13-17-24)9-8-21-10-14-23(15-11-21)30-33-26-6-4-5-7-28(26)35-30/h4-20H,1-3H3. The first kappa shape index (κ1) is 22.1. The summed E-state index contributed by atoms with van der Waals surface area (Å²) in [4.78, 5) is 9.30. The maximum absolute atomic E-state index is 6.02. The summed E-state index contributed by atoms with van der Waals surface area (Å²) in [6, 6.07) is 30.5. The van der Waals surface area contributed by atoms with Gasteiger partial charge in [-0.15, -0.1) is 0 Å². The van der Waals surface area contributed by atoms with Gasteiger partial charge in [-0.3, -0.25) is 0 Å². The molecular formula is C32H26N2O2. The summed E-state index contributed by atoms with van der Waals surface area (Å²) >= 11 is 0. The van der Waals surface area contributed by atoms with E-state index in [2.05, 4.69) is 74.3 Å². The van der Waals surface area contributed by atoms with E-state index in [9.17, 15) is 0 Å². The van der Waals surface area contributed by atoms with Gasteiger partial charge in [0.05, 0.1) is 0 Å². The number of rotatable bonds is 4. The summed E-state index contributed by atoms with van der Waals surface area (Å²) in [6.45, 7) is 6.61. The zero-order chi connectivity index (χ0) is 24.7. The Kier molecular flexibility index (Phi) is 5.30. The van der Waals surface area contributed by atoms with Crippen LogP contribution in [-0.2, 0) is 5.41 Å². The van der Waals surface area contributed by atoms with Crippen LogP contribution in [0.3, 0.4) is 0 Å². The summed E-state index contributed by atoms with van der Waals surface area (Å²) < 4.78 is 11.9. The molecule has 0 N–H and O–H groups in total. The van der Waals surface area contributed by atoms with Crippen molar-refractivity contribution < 1.29 is 8.83 Å². The highest BCUT2D eigenvalue weighted by atomic mass is 16.4. The van der Waals surface area contributed by atoms with Crippen molar-refractivity contribution in [2.45, 2.75) is 26.2 Å². The fraction of sp³-hybridized carbons (Fsp3) is 0.125. The highest BCUT2D eigenvalue weighted by Crippen LogP contribution is 2.30. The Hall–Kier alpha value is -4.44. The van der Waals surface area contributed by atoms with Gasteiger partial charge >= 0.3 is 0 Å². The van der Waals surface area contributed by atoms with E-state index in [0.717, 1.165) is 44.5 Å². The number of aromatic nitrogens is 2. The van der Waals surface area contributed by atoms with E-state index in [-0.39, 0.29) is 5.41 Å². The number of fused-ring (bicyclic) bond motifs is 2. The molecule has 0 atom stereocenters. The number of nitrogens with zero attached hydrogens (tertiary/aromatic N) is 2. The molecule has 0 amide bonds. The van der Waals surface area contributed by atoms with Crippen molar-refractivity contribution >= 4 is 34.4 Å². The van der Waals surface area contributed by atoms with E-state index in [1.165, 1.54) is 5.56 Å². The van der Waals surface area contributed by atoms with E-state index in [4.69, 9.17) is 13.8 Å². The summed E-state index contributed by atoms with van der Waals surface area (Å²) in [6.07, 6.45) is 4.19. The smallest absolute Gasteiger partial charge is 0.227 e. The minimum atomic E-state index is 0.0753. The first-order valence-corrected chi connectivity index (χ1v) is 12.1. The molecule has 0 fully saturated rings. The summed E-state index contributed by atoms with van der Waals surface area (Å²) in [5, 5.41) is 0. The minimum absolute atomic E-state index is 0.0753. The third-order valence-corrected chi connectivity index (χ3v) is 6.33. The van der Waals surface area contributed by atoms with Crippen molar-refractivity contribution in [3.63, 3.8) is 0 Å². The minimum Gasteiger partial charge on any atom is -0.436 e. The van der Waals surface area contributed by atoms with E-state index in [1.807, 2.05) is 54.6 Å². The molecule has 0 saturated carbocycles. The molecule has 0 radical (unpaired) electrons. The Morgan fingerprint density at radius 3 is 1.67 bits per heavy atom. The van der Waals surface area contributed by atoms with Gasteiger partial charge in [0, 0.05) is 11.1 Å². The van der Waals surface area contributed by atoms with Crippen LogP contribution >= 0.6 is 0 Å². The third-order valence-electron chi connectivity index (χ3n) is 6.33. The molecule has 176 valence electrons. The van der Waals surface area contributed by atoms with E-state index >= 15 is 0 Å². The van der Waals surface area contributed by atoms with Crippen LogP contribution in [0.1, 0.15) is 37.5 Å². The SMILES string of the molecule is CC(C)(C)c1ccc2oc(-c3ccc(C=Cc4ccc(-c5nc6ccccc6o5)cc4)cc3)nc2c1. The maximum Gasteiger partial charge on any atom is 0.227 e. The molecule has 0 saturated heterocycles. The molecule has 4 heteroatoms. The normalized spacial score (nSPS) is 12.2. The Morgan fingerprint density at radius 1 is 0.583 bits per heavy atom.